The van der Waals surface area contributed by atoms with Gasteiger partial charge in [0.25, 0.3) is 5.91 Å². The summed E-state index contributed by atoms with van der Waals surface area (Å²) in [5, 5.41) is 14.9. The van der Waals surface area contributed by atoms with Gasteiger partial charge in [0, 0.05) is 36.5 Å². The second-order valence-corrected chi connectivity index (χ2v) is 8.33. The smallest absolute Gasteiger partial charge is 0.405 e. The van der Waals surface area contributed by atoms with E-state index in [1.165, 1.54) is 26.4 Å². The normalized spacial score (nSPS) is 11.5. The maximum atomic E-state index is 12.6. The van der Waals surface area contributed by atoms with Crippen molar-refractivity contribution in [1.82, 2.24) is 24.5 Å². The van der Waals surface area contributed by atoms with Crippen molar-refractivity contribution in [1.29, 1.82) is 0 Å². The number of hydrogen-bond donors (Lipinski definition) is 2. The van der Waals surface area contributed by atoms with Crippen LogP contribution in [0.3, 0.4) is 0 Å². The third-order valence-electron chi connectivity index (χ3n) is 5.74. The maximum absolute atomic E-state index is 12.6. The summed E-state index contributed by atoms with van der Waals surface area (Å²) in [7, 11) is 2.61. The molecule has 0 fully saturated rings. The molecule has 10 nitrogen and oxygen atoms in total. The molecule has 3 heterocycles. The molecule has 2 N–H and O–H groups in total. The Balaban J connectivity index is 1.63. The molecule has 13 heteroatoms. The van der Waals surface area contributed by atoms with Gasteiger partial charge in [-0.05, 0) is 36.2 Å². The van der Waals surface area contributed by atoms with E-state index in [0.29, 0.717) is 29.9 Å². The largest absolute Gasteiger partial charge is 0.496 e. The van der Waals surface area contributed by atoms with E-state index in [1.807, 2.05) is 23.6 Å². The predicted molar refractivity (Wildman–Crippen MR) is 130 cm³/mol. The van der Waals surface area contributed by atoms with Crippen LogP contribution in [0.1, 0.15) is 23.2 Å². The maximum Gasteiger partial charge on any atom is 0.405 e. The highest BCUT2D eigenvalue weighted by Crippen LogP contribution is 2.36. The van der Waals surface area contributed by atoms with Crippen LogP contribution in [0.25, 0.3) is 28.0 Å². The van der Waals surface area contributed by atoms with Gasteiger partial charge in [-0.25, -0.2) is 4.98 Å². The lowest BCUT2D eigenvalue weighted by atomic mass is 10.1. The van der Waals surface area contributed by atoms with Crippen molar-refractivity contribution in [3.05, 3.63) is 54.6 Å². The lowest BCUT2D eigenvalue weighted by Gasteiger charge is -2.16. The fraction of sp³-hybridized carbons (Fsp3) is 0.280. The number of ether oxygens (including phenoxy) is 2. The van der Waals surface area contributed by atoms with Crippen LogP contribution >= 0.6 is 0 Å². The molecule has 0 atom stereocenters. The van der Waals surface area contributed by atoms with Crippen molar-refractivity contribution < 1.29 is 37.3 Å². The van der Waals surface area contributed by atoms with Gasteiger partial charge in [0.15, 0.2) is 0 Å². The zero-order chi connectivity index (χ0) is 27.4. The number of carbonyl (C=O) groups is 2. The fourth-order valence-corrected chi connectivity index (χ4v) is 3.95. The van der Waals surface area contributed by atoms with Crippen molar-refractivity contribution >= 4 is 17.5 Å². The SMILES string of the molecule is COc1cc(-c2cnc3cc(-c4cnn(CCCC(=O)O)c4)ccn23)cc(OC)c1C(=O)NCC(F)(F)F. The summed E-state index contributed by atoms with van der Waals surface area (Å²) in [4.78, 5) is 27.7. The molecular formula is C25H24F3N5O5. The van der Waals surface area contributed by atoms with E-state index >= 15 is 0 Å². The van der Waals surface area contributed by atoms with Crippen molar-refractivity contribution in [3.8, 4) is 33.9 Å². The number of hydrogen-bond acceptors (Lipinski definition) is 6. The summed E-state index contributed by atoms with van der Waals surface area (Å²) in [5.74, 6) is -1.75. The molecule has 0 radical (unpaired) electrons. The number of pyridine rings is 1. The van der Waals surface area contributed by atoms with Gasteiger partial charge in [-0.1, -0.05) is 0 Å². The highest BCUT2D eigenvalue weighted by Gasteiger charge is 2.30. The average molecular weight is 531 g/mol. The number of methoxy groups -OCH3 is 2. The zero-order valence-electron chi connectivity index (χ0n) is 20.5. The Hall–Kier alpha value is -4.55. The summed E-state index contributed by atoms with van der Waals surface area (Å²) >= 11 is 0. The summed E-state index contributed by atoms with van der Waals surface area (Å²) in [6, 6.07) is 6.78. The zero-order valence-corrected chi connectivity index (χ0v) is 20.5. The number of aliphatic carboxylic acids is 1. The van der Waals surface area contributed by atoms with Gasteiger partial charge >= 0.3 is 12.1 Å². The first-order chi connectivity index (χ1) is 18.1. The topological polar surface area (TPSA) is 120 Å². The number of carbonyl (C=O) groups excluding carboxylic acids is 1. The summed E-state index contributed by atoms with van der Waals surface area (Å²) < 4.78 is 51.9. The molecule has 1 aromatic carbocycles. The highest BCUT2D eigenvalue weighted by atomic mass is 19.4. The molecule has 1 amide bonds. The molecule has 0 saturated heterocycles. The van der Waals surface area contributed by atoms with Gasteiger partial charge in [0.05, 0.1) is 32.3 Å². The number of rotatable bonds is 10. The van der Waals surface area contributed by atoms with Crippen LogP contribution in [0.2, 0.25) is 0 Å². The summed E-state index contributed by atoms with van der Waals surface area (Å²) in [6.45, 7) is -1.01. The van der Waals surface area contributed by atoms with Crippen LogP contribution in [0, 0.1) is 0 Å². The van der Waals surface area contributed by atoms with E-state index in [0.717, 1.165) is 11.1 Å². The fourth-order valence-electron chi connectivity index (χ4n) is 3.95. The Labute approximate surface area is 214 Å². The van der Waals surface area contributed by atoms with Crippen molar-refractivity contribution in [2.45, 2.75) is 25.6 Å². The molecule has 38 heavy (non-hydrogen) atoms. The molecule has 0 unspecified atom stereocenters. The first-order valence-electron chi connectivity index (χ1n) is 11.4. The van der Waals surface area contributed by atoms with Crippen LogP contribution in [0.15, 0.2) is 49.1 Å². The Morgan fingerprint density at radius 2 is 1.76 bits per heavy atom. The van der Waals surface area contributed by atoms with Gasteiger partial charge in [-0.2, -0.15) is 18.3 Å². The van der Waals surface area contributed by atoms with E-state index in [9.17, 15) is 22.8 Å². The number of carboxylic acids is 1. The minimum Gasteiger partial charge on any atom is -0.496 e. The van der Waals surface area contributed by atoms with Gasteiger partial charge in [-0.3, -0.25) is 18.7 Å². The Morgan fingerprint density at radius 1 is 1.05 bits per heavy atom. The third kappa shape index (κ3) is 5.88. The number of imidazole rings is 1. The van der Waals surface area contributed by atoms with Crippen LogP contribution in [-0.4, -0.2) is 63.1 Å². The molecule has 0 spiro atoms. The van der Waals surface area contributed by atoms with Crippen LogP contribution in [-0.2, 0) is 11.3 Å². The number of nitrogens with one attached hydrogen (secondary N) is 1. The third-order valence-corrected chi connectivity index (χ3v) is 5.74. The number of nitrogens with zero attached hydrogens (tertiary/aromatic N) is 4. The second kappa shape index (κ2) is 10.8. The van der Waals surface area contributed by atoms with E-state index in [1.54, 1.807) is 27.7 Å². The standard InChI is InChI=1S/C25H24F3N5O5/c1-37-19-8-16(9-20(38-2)23(19)24(36)30-14-25(26,27)28)18-12-29-21-10-15(5-7-33(18)21)17-11-31-32(13-17)6-3-4-22(34)35/h5,7-13H,3-4,6,14H2,1-2H3,(H,30,36)(H,34,35). The quantitative estimate of drug-likeness (QED) is 0.317. The highest BCUT2D eigenvalue weighted by molar-refractivity contribution is 6.00. The second-order valence-electron chi connectivity index (χ2n) is 8.33. The number of aryl methyl sites for hydroxylation is 1. The molecule has 0 bridgehead atoms. The molecule has 4 rings (SSSR count). The van der Waals surface area contributed by atoms with E-state index < -0.39 is 24.6 Å². The Morgan fingerprint density at radius 3 is 2.39 bits per heavy atom. The number of alkyl halides is 3. The van der Waals surface area contributed by atoms with E-state index in [-0.39, 0.29) is 23.5 Å². The van der Waals surface area contributed by atoms with Crippen molar-refractivity contribution in [3.63, 3.8) is 0 Å². The molecule has 0 aliphatic carbocycles. The van der Waals surface area contributed by atoms with Gasteiger partial charge in [0.2, 0.25) is 0 Å². The molecule has 4 aromatic rings. The molecule has 3 aromatic heterocycles. The van der Waals surface area contributed by atoms with Crippen molar-refractivity contribution in [2.75, 3.05) is 20.8 Å². The Kier molecular flexibility index (Phi) is 7.55. The number of carboxylic acid groups (broad SMARTS) is 1. The lowest BCUT2D eigenvalue weighted by molar-refractivity contribution is -0.137. The first kappa shape index (κ1) is 26.5. The average Bonchev–Trinajstić information content (AvgIpc) is 3.52. The minimum atomic E-state index is -4.57. The van der Waals surface area contributed by atoms with E-state index in [2.05, 4.69) is 10.1 Å². The number of halogens is 3. The Bertz CT molecular complexity index is 1450. The molecular weight excluding hydrogens is 507 g/mol. The van der Waals surface area contributed by atoms with E-state index in [4.69, 9.17) is 14.6 Å². The first-order valence-corrected chi connectivity index (χ1v) is 11.4. The summed E-state index contributed by atoms with van der Waals surface area (Å²) in [6.07, 6.45) is 2.90. The number of fused-ring (bicyclic) bond motifs is 1. The summed E-state index contributed by atoms with van der Waals surface area (Å²) in [5.41, 5.74) is 3.35. The van der Waals surface area contributed by atoms with Crippen LogP contribution in [0.5, 0.6) is 11.5 Å². The minimum absolute atomic E-state index is 0.0425. The number of aromatic nitrogens is 4. The van der Waals surface area contributed by atoms with Gasteiger partial charge in [-0.15, -0.1) is 0 Å². The predicted octanol–water partition coefficient (Wildman–Crippen LogP) is 4.04. The molecule has 0 aliphatic heterocycles. The monoisotopic (exact) mass is 531 g/mol. The molecule has 0 aliphatic rings. The van der Waals surface area contributed by atoms with Gasteiger partial charge in [0.1, 0.15) is 29.3 Å². The lowest BCUT2D eigenvalue weighted by Crippen LogP contribution is -2.34. The number of amides is 1. The van der Waals surface area contributed by atoms with Crippen LogP contribution in [0.4, 0.5) is 13.2 Å². The molecule has 200 valence electrons. The number of benzene rings is 1. The van der Waals surface area contributed by atoms with Crippen molar-refractivity contribution in [2.24, 2.45) is 0 Å². The molecule has 0 saturated carbocycles. The van der Waals surface area contributed by atoms with Crippen LogP contribution < -0.4 is 14.8 Å². The van der Waals surface area contributed by atoms with Gasteiger partial charge < -0.3 is 19.9 Å².